The summed E-state index contributed by atoms with van der Waals surface area (Å²) in [6, 6.07) is 4.28. The maximum absolute atomic E-state index is 13.2. The Bertz CT molecular complexity index is 980. The molecule has 0 saturated carbocycles. The van der Waals surface area contributed by atoms with Crippen LogP contribution < -0.4 is 5.32 Å². The Hall–Kier alpha value is -2.07. The van der Waals surface area contributed by atoms with Gasteiger partial charge >= 0.3 is 0 Å². The Morgan fingerprint density at radius 1 is 1.31 bits per heavy atom. The SMILES string of the molecule is Cc1c(C(=O)N2CCN(CCO)CC2)sc2ncnc(N[C@H](C)c3cccs3)c12. The zero-order valence-electron chi connectivity index (χ0n) is 16.6. The van der Waals surface area contributed by atoms with Gasteiger partial charge in [0.15, 0.2) is 0 Å². The number of rotatable bonds is 6. The summed E-state index contributed by atoms with van der Waals surface area (Å²) in [5, 5.41) is 15.6. The van der Waals surface area contributed by atoms with Gasteiger partial charge in [-0.05, 0) is 30.9 Å². The van der Waals surface area contributed by atoms with Gasteiger partial charge in [-0.15, -0.1) is 22.7 Å². The maximum atomic E-state index is 13.2. The minimum absolute atomic E-state index is 0.0615. The van der Waals surface area contributed by atoms with Crippen LogP contribution in [0.4, 0.5) is 5.82 Å². The van der Waals surface area contributed by atoms with Gasteiger partial charge in [-0.25, -0.2) is 9.97 Å². The Labute approximate surface area is 178 Å². The number of hydrogen-bond donors (Lipinski definition) is 2. The number of aryl methyl sites for hydroxylation is 1. The van der Waals surface area contributed by atoms with Crippen LogP contribution in [-0.2, 0) is 0 Å². The predicted molar refractivity (Wildman–Crippen MR) is 118 cm³/mol. The number of amides is 1. The molecule has 1 saturated heterocycles. The summed E-state index contributed by atoms with van der Waals surface area (Å²) in [5.74, 6) is 0.836. The molecule has 1 fully saturated rings. The van der Waals surface area contributed by atoms with Crippen molar-refractivity contribution in [2.24, 2.45) is 0 Å². The lowest BCUT2D eigenvalue weighted by Crippen LogP contribution is -2.49. The topological polar surface area (TPSA) is 81.6 Å². The van der Waals surface area contributed by atoms with Gasteiger partial charge in [-0.1, -0.05) is 6.07 Å². The van der Waals surface area contributed by atoms with Gasteiger partial charge in [-0.2, -0.15) is 0 Å². The zero-order chi connectivity index (χ0) is 20.4. The van der Waals surface area contributed by atoms with Crippen LogP contribution in [0, 0.1) is 6.92 Å². The van der Waals surface area contributed by atoms with Crippen molar-refractivity contribution in [3.8, 4) is 0 Å². The van der Waals surface area contributed by atoms with Crippen molar-refractivity contribution < 1.29 is 9.90 Å². The largest absolute Gasteiger partial charge is 0.395 e. The summed E-state index contributed by atoms with van der Waals surface area (Å²) < 4.78 is 0. The van der Waals surface area contributed by atoms with Crippen LogP contribution in [0.2, 0.25) is 0 Å². The van der Waals surface area contributed by atoms with E-state index in [9.17, 15) is 4.79 Å². The number of carbonyl (C=O) groups is 1. The van der Waals surface area contributed by atoms with Gasteiger partial charge in [0.1, 0.15) is 17.0 Å². The molecular formula is C20H25N5O2S2. The third kappa shape index (κ3) is 4.13. The number of aliphatic hydroxyl groups excluding tert-OH is 1. The summed E-state index contributed by atoms with van der Waals surface area (Å²) in [4.78, 5) is 29.0. The highest BCUT2D eigenvalue weighted by atomic mass is 32.1. The van der Waals surface area contributed by atoms with E-state index in [-0.39, 0.29) is 18.6 Å². The van der Waals surface area contributed by atoms with Crippen LogP contribution in [0.3, 0.4) is 0 Å². The van der Waals surface area contributed by atoms with Crippen molar-refractivity contribution in [1.82, 2.24) is 19.8 Å². The summed E-state index contributed by atoms with van der Waals surface area (Å²) in [6.07, 6.45) is 1.56. The molecule has 154 valence electrons. The Kier molecular flexibility index (Phi) is 6.09. The molecule has 0 radical (unpaired) electrons. The second-order valence-electron chi connectivity index (χ2n) is 7.20. The standard InChI is InChI=1S/C20H25N5O2S2/c1-13-16-18(23-14(2)15-4-3-11-28-15)21-12-22-19(16)29-17(13)20(27)25-7-5-24(6-8-25)9-10-26/h3-4,11-12,14,26H,5-10H2,1-2H3,(H,21,22,23)/t14-/m1/s1. The van der Waals surface area contributed by atoms with Crippen molar-refractivity contribution in [3.63, 3.8) is 0 Å². The van der Waals surface area contributed by atoms with E-state index in [0.717, 1.165) is 39.6 Å². The van der Waals surface area contributed by atoms with Crippen molar-refractivity contribution in [3.05, 3.63) is 39.2 Å². The number of anilines is 1. The van der Waals surface area contributed by atoms with Crippen molar-refractivity contribution in [2.45, 2.75) is 19.9 Å². The molecular weight excluding hydrogens is 406 g/mol. The molecule has 0 aliphatic carbocycles. The third-order valence-corrected chi connectivity index (χ3v) is 7.56. The van der Waals surface area contributed by atoms with Gasteiger partial charge in [0, 0.05) is 37.6 Å². The molecule has 0 aromatic carbocycles. The fraction of sp³-hybridized carbons (Fsp3) is 0.450. The molecule has 1 aliphatic rings. The molecule has 29 heavy (non-hydrogen) atoms. The molecule has 0 spiro atoms. The number of thiophene rings is 2. The molecule has 9 heteroatoms. The first-order valence-corrected chi connectivity index (χ1v) is 11.4. The van der Waals surface area contributed by atoms with Gasteiger partial charge in [0.05, 0.1) is 22.9 Å². The molecule has 0 unspecified atom stereocenters. The van der Waals surface area contributed by atoms with Gasteiger partial charge < -0.3 is 15.3 Å². The van der Waals surface area contributed by atoms with E-state index < -0.39 is 0 Å². The summed E-state index contributed by atoms with van der Waals surface area (Å²) in [7, 11) is 0. The predicted octanol–water partition coefficient (Wildman–Crippen LogP) is 2.98. The van der Waals surface area contributed by atoms with Crippen LogP contribution in [0.15, 0.2) is 23.8 Å². The van der Waals surface area contributed by atoms with E-state index in [1.54, 1.807) is 17.7 Å². The lowest BCUT2D eigenvalue weighted by Gasteiger charge is -2.34. The molecule has 1 amide bonds. The maximum Gasteiger partial charge on any atom is 0.264 e. The minimum atomic E-state index is 0.0615. The molecule has 1 atom stereocenters. The van der Waals surface area contributed by atoms with Crippen LogP contribution in [-0.4, -0.2) is 70.1 Å². The van der Waals surface area contributed by atoms with Crippen molar-refractivity contribution in [2.75, 3.05) is 44.6 Å². The molecule has 4 heterocycles. The molecule has 0 bridgehead atoms. The number of β-amino-alcohol motifs (C(OH)–C–C–N with tert-alkyl or cyclic N) is 1. The lowest BCUT2D eigenvalue weighted by molar-refractivity contribution is 0.0619. The number of fused-ring (bicyclic) bond motifs is 1. The smallest absolute Gasteiger partial charge is 0.264 e. The molecule has 1 aliphatic heterocycles. The molecule has 2 N–H and O–H groups in total. The number of aliphatic hydroxyl groups is 1. The number of piperazine rings is 1. The molecule has 3 aromatic rings. The fourth-order valence-electron chi connectivity index (χ4n) is 3.66. The normalized spacial score (nSPS) is 16.3. The summed E-state index contributed by atoms with van der Waals surface area (Å²) in [6.45, 7) is 7.86. The van der Waals surface area contributed by atoms with E-state index in [2.05, 4.69) is 38.6 Å². The minimum Gasteiger partial charge on any atom is -0.395 e. The van der Waals surface area contributed by atoms with E-state index >= 15 is 0 Å². The van der Waals surface area contributed by atoms with Crippen molar-refractivity contribution in [1.29, 1.82) is 0 Å². The highest BCUT2D eigenvalue weighted by Gasteiger charge is 2.26. The third-order valence-electron chi connectivity index (χ3n) is 5.32. The van der Waals surface area contributed by atoms with E-state index in [1.165, 1.54) is 16.2 Å². The first-order valence-electron chi connectivity index (χ1n) is 9.75. The highest BCUT2D eigenvalue weighted by Crippen LogP contribution is 2.35. The number of hydrogen-bond acceptors (Lipinski definition) is 8. The fourth-order valence-corrected chi connectivity index (χ4v) is 5.51. The summed E-state index contributed by atoms with van der Waals surface area (Å²) >= 11 is 3.15. The average molecular weight is 432 g/mol. The molecule has 3 aromatic heterocycles. The highest BCUT2D eigenvalue weighted by molar-refractivity contribution is 7.20. The zero-order valence-corrected chi connectivity index (χ0v) is 18.2. The van der Waals surface area contributed by atoms with E-state index in [1.807, 2.05) is 17.9 Å². The van der Waals surface area contributed by atoms with Crippen LogP contribution in [0.5, 0.6) is 0 Å². The van der Waals surface area contributed by atoms with Crippen LogP contribution >= 0.6 is 22.7 Å². The second kappa shape index (κ2) is 8.74. The second-order valence-corrected chi connectivity index (χ2v) is 9.18. The Morgan fingerprint density at radius 3 is 2.79 bits per heavy atom. The quantitative estimate of drug-likeness (QED) is 0.625. The van der Waals surface area contributed by atoms with Gasteiger partial charge in [0.2, 0.25) is 0 Å². The van der Waals surface area contributed by atoms with E-state index in [0.29, 0.717) is 19.6 Å². The molecule has 4 rings (SSSR count). The van der Waals surface area contributed by atoms with E-state index in [4.69, 9.17) is 5.11 Å². The number of carbonyl (C=O) groups excluding carboxylic acids is 1. The monoisotopic (exact) mass is 431 g/mol. The number of aromatic nitrogens is 2. The first kappa shape index (κ1) is 20.2. The van der Waals surface area contributed by atoms with Crippen LogP contribution in [0.25, 0.3) is 10.2 Å². The average Bonchev–Trinajstić information content (AvgIpc) is 3.37. The van der Waals surface area contributed by atoms with Crippen LogP contribution in [0.1, 0.15) is 33.1 Å². The number of nitrogens with one attached hydrogen (secondary N) is 1. The Balaban J connectivity index is 1.57. The van der Waals surface area contributed by atoms with Gasteiger partial charge in [-0.3, -0.25) is 9.69 Å². The molecule has 7 nitrogen and oxygen atoms in total. The van der Waals surface area contributed by atoms with Gasteiger partial charge in [0.25, 0.3) is 5.91 Å². The lowest BCUT2D eigenvalue weighted by atomic mass is 10.1. The summed E-state index contributed by atoms with van der Waals surface area (Å²) in [5.41, 5.74) is 0.939. The first-order chi connectivity index (χ1) is 14.1. The Morgan fingerprint density at radius 2 is 2.10 bits per heavy atom. The van der Waals surface area contributed by atoms with Crippen molar-refractivity contribution >= 4 is 44.6 Å². The number of nitrogens with zero attached hydrogens (tertiary/aromatic N) is 4.